The summed E-state index contributed by atoms with van der Waals surface area (Å²) in [5.74, 6) is -0.208. The number of aryl methyl sites for hydroxylation is 2. The summed E-state index contributed by atoms with van der Waals surface area (Å²) in [6, 6.07) is 11.2. The first-order valence-electron chi connectivity index (χ1n) is 5.81. The molecule has 0 aromatic heterocycles. The van der Waals surface area contributed by atoms with Crippen molar-refractivity contribution in [1.82, 2.24) is 0 Å². The van der Waals surface area contributed by atoms with E-state index >= 15 is 0 Å². The molecule has 2 rings (SSSR count). The molecule has 1 N–H and O–H groups in total. The number of amides is 1. The summed E-state index contributed by atoms with van der Waals surface area (Å²) in [6.45, 7) is 3.85. The van der Waals surface area contributed by atoms with Gasteiger partial charge in [-0.1, -0.05) is 29.8 Å². The van der Waals surface area contributed by atoms with Crippen LogP contribution in [0.4, 0.5) is 5.69 Å². The van der Waals surface area contributed by atoms with E-state index in [-0.39, 0.29) is 5.91 Å². The number of carbonyl (C=O) groups is 1. The molecule has 0 saturated heterocycles. The highest BCUT2D eigenvalue weighted by Gasteiger charge is 2.13. The normalized spacial score (nSPS) is 10.3. The first-order chi connectivity index (χ1) is 8.99. The lowest BCUT2D eigenvalue weighted by Gasteiger charge is -2.10. The van der Waals surface area contributed by atoms with Crippen molar-refractivity contribution in [2.45, 2.75) is 13.8 Å². The molecule has 0 bridgehead atoms. The van der Waals surface area contributed by atoms with Gasteiger partial charge in [-0.15, -0.1) is 0 Å². The van der Waals surface area contributed by atoms with Gasteiger partial charge < -0.3 is 5.32 Å². The van der Waals surface area contributed by atoms with E-state index in [0.717, 1.165) is 21.3 Å². The van der Waals surface area contributed by atoms with Crippen molar-refractivity contribution in [3.63, 3.8) is 0 Å². The third-order valence-electron chi connectivity index (χ3n) is 2.81. The molecule has 0 fully saturated rings. The maximum Gasteiger partial charge on any atom is 0.257 e. The van der Waals surface area contributed by atoms with E-state index in [0.29, 0.717) is 10.6 Å². The second-order valence-corrected chi connectivity index (χ2v) is 5.61. The second kappa shape index (κ2) is 5.76. The van der Waals surface area contributed by atoms with E-state index in [1.807, 2.05) is 44.2 Å². The van der Waals surface area contributed by atoms with Crippen LogP contribution in [0.3, 0.4) is 0 Å². The van der Waals surface area contributed by atoms with E-state index in [2.05, 4.69) is 21.2 Å². The Labute approximate surface area is 125 Å². The van der Waals surface area contributed by atoms with Gasteiger partial charge >= 0.3 is 0 Å². The molecule has 2 aromatic rings. The Kier molecular flexibility index (Phi) is 4.27. The summed E-state index contributed by atoms with van der Waals surface area (Å²) in [5.41, 5.74) is 3.18. The molecule has 19 heavy (non-hydrogen) atoms. The molecule has 1 amide bonds. The lowest BCUT2D eigenvalue weighted by Crippen LogP contribution is -2.13. The smallest absolute Gasteiger partial charge is 0.257 e. The largest absolute Gasteiger partial charge is 0.321 e. The van der Waals surface area contributed by atoms with Gasteiger partial charge in [-0.25, -0.2) is 0 Å². The zero-order valence-corrected chi connectivity index (χ0v) is 13.0. The van der Waals surface area contributed by atoms with Crippen molar-refractivity contribution in [2.24, 2.45) is 0 Å². The number of halogens is 2. The third kappa shape index (κ3) is 3.17. The van der Waals surface area contributed by atoms with Crippen LogP contribution in [0.1, 0.15) is 21.5 Å². The Hall–Kier alpha value is -1.32. The Morgan fingerprint density at radius 1 is 1.21 bits per heavy atom. The SMILES string of the molecule is Cc1ccc(Br)c(NC(=O)c2cccc(C)c2Cl)c1. The van der Waals surface area contributed by atoms with Gasteiger partial charge in [0.2, 0.25) is 0 Å². The first kappa shape index (κ1) is 14.1. The van der Waals surface area contributed by atoms with Crippen molar-refractivity contribution >= 4 is 39.1 Å². The number of hydrogen-bond donors (Lipinski definition) is 1. The van der Waals surface area contributed by atoms with Crippen LogP contribution < -0.4 is 5.32 Å². The van der Waals surface area contributed by atoms with E-state index in [4.69, 9.17) is 11.6 Å². The van der Waals surface area contributed by atoms with Gasteiger partial charge in [0.1, 0.15) is 0 Å². The number of benzene rings is 2. The summed E-state index contributed by atoms with van der Waals surface area (Å²) in [5, 5.41) is 3.35. The van der Waals surface area contributed by atoms with Gasteiger partial charge in [-0.2, -0.15) is 0 Å². The van der Waals surface area contributed by atoms with Crippen LogP contribution in [-0.4, -0.2) is 5.91 Å². The molecule has 4 heteroatoms. The molecule has 0 atom stereocenters. The van der Waals surface area contributed by atoms with E-state index in [9.17, 15) is 4.79 Å². The maximum absolute atomic E-state index is 12.2. The molecule has 2 aromatic carbocycles. The van der Waals surface area contributed by atoms with Crippen LogP contribution in [0.2, 0.25) is 5.02 Å². The number of nitrogens with one attached hydrogen (secondary N) is 1. The molecule has 0 aliphatic carbocycles. The summed E-state index contributed by atoms with van der Waals surface area (Å²) < 4.78 is 0.843. The van der Waals surface area contributed by atoms with Crippen LogP contribution in [0, 0.1) is 13.8 Å². The number of anilines is 1. The Morgan fingerprint density at radius 3 is 2.68 bits per heavy atom. The fraction of sp³-hybridized carbons (Fsp3) is 0.133. The first-order valence-corrected chi connectivity index (χ1v) is 6.99. The van der Waals surface area contributed by atoms with Gasteiger partial charge in [0.25, 0.3) is 5.91 Å². The van der Waals surface area contributed by atoms with Crippen molar-refractivity contribution < 1.29 is 4.79 Å². The minimum atomic E-state index is -0.208. The molecule has 0 unspecified atom stereocenters. The quantitative estimate of drug-likeness (QED) is 0.823. The molecule has 98 valence electrons. The number of rotatable bonds is 2. The van der Waals surface area contributed by atoms with Gasteiger partial charge in [0, 0.05) is 4.47 Å². The van der Waals surface area contributed by atoms with Crippen LogP contribution in [0.15, 0.2) is 40.9 Å². The average molecular weight is 339 g/mol. The van der Waals surface area contributed by atoms with E-state index in [1.165, 1.54) is 0 Å². The molecular formula is C15H13BrClNO. The fourth-order valence-corrected chi connectivity index (χ4v) is 2.30. The number of carbonyl (C=O) groups excluding carboxylic acids is 1. The summed E-state index contributed by atoms with van der Waals surface area (Å²) in [4.78, 5) is 12.2. The van der Waals surface area contributed by atoms with Crippen LogP contribution in [-0.2, 0) is 0 Å². The van der Waals surface area contributed by atoms with Gasteiger partial charge in [-0.05, 0) is 59.1 Å². The zero-order chi connectivity index (χ0) is 14.0. The molecule has 0 spiro atoms. The van der Waals surface area contributed by atoms with Crippen molar-refractivity contribution in [3.8, 4) is 0 Å². The lowest BCUT2D eigenvalue weighted by atomic mass is 10.1. The minimum absolute atomic E-state index is 0.208. The maximum atomic E-state index is 12.2. The highest BCUT2D eigenvalue weighted by Crippen LogP contribution is 2.26. The molecule has 0 aliphatic rings. The van der Waals surface area contributed by atoms with Crippen molar-refractivity contribution in [2.75, 3.05) is 5.32 Å². The summed E-state index contributed by atoms with van der Waals surface area (Å²) in [6.07, 6.45) is 0. The third-order valence-corrected chi connectivity index (χ3v) is 4.00. The molecule has 0 saturated carbocycles. The Balaban J connectivity index is 2.31. The predicted octanol–water partition coefficient (Wildman–Crippen LogP) is 4.97. The van der Waals surface area contributed by atoms with Gasteiger partial charge in [0.15, 0.2) is 0 Å². The average Bonchev–Trinajstić information content (AvgIpc) is 2.37. The van der Waals surface area contributed by atoms with Crippen LogP contribution >= 0.6 is 27.5 Å². The fourth-order valence-electron chi connectivity index (χ4n) is 1.75. The Morgan fingerprint density at radius 2 is 1.95 bits per heavy atom. The lowest BCUT2D eigenvalue weighted by molar-refractivity contribution is 0.102. The number of hydrogen-bond acceptors (Lipinski definition) is 1. The topological polar surface area (TPSA) is 29.1 Å². The van der Waals surface area contributed by atoms with Crippen molar-refractivity contribution in [1.29, 1.82) is 0 Å². The highest BCUT2D eigenvalue weighted by atomic mass is 79.9. The summed E-state index contributed by atoms with van der Waals surface area (Å²) in [7, 11) is 0. The van der Waals surface area contributed by atoms with Crippen LogP contribution in [0.5, 0.6) is 0 Å². The second-order valence-electron chi connectivity index (χ2n) is 4.37. The zero-order valence-electron chi connectivity index (χ0n) is 10.6. The minimum Gasteiger partial charge on any atom is -0.321 e. The van der Waals surface area contributed by atoms with Crippen LogP contribution in [0.25, 0.3) is 0 Å². The van der Waals surface area contributed by atoms with E-state index in [1.54, 1.807) is 6.07 Å². The van der Waals surface area contributed by atoms with Gasteiger partial charge in [-0.3, -0.25) is 4.79 Å². The standard InChI is InChI=1S/C15H13BrClNO/c1-9-6-7-12(16)13(8-9)18-15(19)11-5-3-4-10(2)14(11)17/h3-8H,1-2H3,(H,18,19). The molecular weight excluding hydrogens is 326 g/mol. The summed E-state index contributed by atoms with van der Waals surface area (Å²) >= 11 is 9.57. The van der Waals surface area contributed by atoms with Gasteiger partial charge in [0.05, 0.1) is 16.3 Å². The predicted molar refractivity (Wildman–Crippen MR) is 83.0 cm³/mol. The molecule has 0 aliphatic heterocycles. The highest BCUT2D eigenvalue weighted by molar-refractivity contribution is 9.10. The molecule has 0 radical (unpaired) electrons. The molecule has 2 nitrogen and oxygen atoms in total. The molecule has 0 heterocycles. The Bertz CT molecular complexity index is 640. The monoisotopic (exact) mass is 337 g/mol. The van der Waals surface area contributed by atoms with Crippen molar-refractivity contribution in [3.05, 3.63) is 62.6 Å². The van der Waals surface area contributed by atoms with E-state index < -0.39 is 0 Å².